The first kappa shape index (κ1) is 11.5. The van der Waals surface area contributed by atoms with Gasteiger partial charge < -0.3 is 10.0 Å². The second-order valence-electron chi connectivity index (χ2n) is 4.05. The van der Waals surface area contributed by atoms with Crippen LogP contribution in [-0.4, -0.2) is 41.5 Å². The number of primary amides is 1. The molecule has 2 atom stereocenters. The van der Waals surface area contributed by atoms with Gasteiger partial charge in [0.05, 0.1) is 6.10 Å². The van der Waals surface area contributed by atoms with Crippen molar-refractivity contribution in [1.29, 1.82) is 0 Å². The lowest BCUT2D eigenvalue weighted by atomic mass is 9.95. The Kier molecular flexibility index (Phi) is 2.76. The molecule has 2 amide bonds. The van der Waals surface area contributed by atoms with Gasteiger partial charge in [-0.15, -0.1) is 5.11 Å². The van der Waals surface area contributed by atoms with Crippen LogP contribution < -0.4 is 10.8 Å². The highest BCUT2D eigenvalue weighted by Gasteiger charge is 2.36. The molecular formula is C10H13N4O3+. The monoisotopic (exact) mass is 237 g/mol. The number of likely N-dealkylation sites (N-methyl/N-ethyl adjacent to an activating group) is 1. The zero-order chi connectivity index (χ0) is 12.6. The molecule has 7 nitrogen and oxygen atoms in total. The van der Waals surface area contributed by atoms with E-state index in [1.54, 1.807) is 13.1 Å². The van der Waals surface area contributed by atoms with Gasteiger partial charge in [-0.3, -0.25) is 4.79 Å². The zero-order valence-electron chi connectivity index (χ0n) is 9.25. The molecule has 1 aliphatic heterocycles. The van der Waals surface area contributed by atoms with Gasteiger partial charge >= 0.3 is 6.03 Å². The second kappa shape index (κ2) is 4.10. The van der Waals surface area contributed by atoms with Gasteiger partial charge in [0.2, 0.25) is 5.78 Å². The van der Waals surface area contributed by atoms with Crippen LogP contribution in [0.5, 0.6) is 0 Å². The van der Waals surface area contributed by atoms with Crippen molar-refractivity contribution in [3.8, 4) is 0 Å². The van der Waals surface area contributed by atoms with Gasteiger partial charge in [0.15, 0.2) is 5.70 Å². The summed E-state index contributed by atoms with van der Waals surface area (Å²) in [5, 5.41) is 15.4. The van der Waals surface area contributed by atoms with Gasteiger partial charge in [-0.05, 0) is 6.08 Å². The second-order valence-corrected chi connectivity index (χ2v) is 4.05. The number of hydrogen-bond donors (Lipinski definition) is 3. The predicted molar refractivity (Wildman–Crippen MR) is 56.3 cm³/mol. The predicted octanol–water partition coefficient (Wildman–Crippen LogP) is -2.13. The highest BCUT2D eigenvalue weighted by atomic mass is 16.3. The molecule has 0 bridgehead atoms. The largest absolute Gasteiger partial charge is 0.507 e. The maximum absolute atomic E-state index is 11.7. The van der Waals surface area contributed by atoms with Gasteiger partial charge in [-0.25, -0.2) is 5.73 Å². The Morgan fingerprint density at radius 1 is 1.71 bits per heavy atom. The molecule has 0 aromatic heterocycles. The normalized spacial score (nSPS) is 28.1. The van der Waals surface area contributed by atoms with Gasteiger partial charge in [0.25, 0.3) is 0 Å². The van der Waals surface area contributed by atoms with Gasteiger partial charge in [-0.1, -0.05) is 5.11 Å². The molecule has 0 aromatic carbocycles. The molecule has 1 heterocycles. The van der Waals surface area contributed by atoms with Crippen LogP contribution in [0.4, 0.5) is 4.79 Å². The fraction of sp³-hybridized carbons (Fsp3) is 0.400. The lowest BCUT2D eigenvalue weighted by molar-refractivity contribution is -0.420. The number of urea groups is 1. The Hall–Kier alpha value is -2.02. The Bertz CT molecular complexity index is 466. The molecule has 0 spiro atoms. The number of hydrogen-bond acceptors (Lipinski definition) is 5. The molecular weight excluding hydrogens is 224 g/mol. The summed E-state index contributed by atoms with van der Waals surface area (Å²) < 4.78 is 0. The number of carbonyl (C=O) groups is 2. The fourth-order valence-electron chi connectivity index (χ4n) is 2.02. The molecule has 0 saturated carbocycles. The number of rotatable bonds is 1. The summed E-state index contributed by atoms with van der Waals surface area (Å²) in [6, 6.07) is -0.836. The van der Waals surface area contributed by atoms with Crippen molar-refractivity contribution in [2.24, 2.45) is 16.8 Å². The van der Waals surface area contributed by atoms with Crippen molar-refractivity contribution in [1.82, 2.24) is 4.90 Å². The molecule has 1 unspecified atom stereocenters. The SMILES string of the molecule is CN1C[C@@H](O)C2C=C(N=[NH+]C(N)=O)C(=O)C=C21. The molecule has 1 fully saturated rings. The number of nitrogens with zero attached hydrogens (tertiary/aromatic N) is 2. The van der Waals surface area contributed by atoms with Crippen LogP contribution in [0.2, 0.25) is 0 Å². The number of ketones is 1. The summed E-state index contributed by atoms with van der Waals surface area (Å²) in [6.07, 6.45) is 2.39. The average Bonchev–Trinajstić information content (AvgIpc) is 2.51. The molecule has 0 radical (unpaired) electrons. The molecule has 2 aliphatic rings. The molecule has 1 saturated heterocycles. The van der Waals surface area contributed by atoms with Crippen LogP contribution in [0.25, 0.3) is 0 Å². The zero-order valence-corrected chi connectivity index (χ0v) is 9.25. The summed E-state index contributed by atoms with van der Waals surface area (Å²) in [7, 11) is 1.81. The standard InChI is InChI=1S/C10H12N4O3/c1-14-4-9(16)5-2-6(12-13-10(11)17)8(15)3-7(5)14/h2-3,5,9,16H,4H2,1H3,(H2,11,17)/p+1/t5?,9-/m1/s1. The van der Waals surface area contributed by atoms with E-state index in [-0.39, 0.29) is 17.4 Å². The number of β-amino-alcohol motifs (C(OH)–C–C–N with tert-alkyl or cyclic N) is 1. The number of aliphatic hydroxyl groups excluding tert-OH is 1. The van der Waals surface area contributed by atoms with Gasteiger partial charge in [0, 0.05) is 31.3 Å². The molecule has 7 heteroatoms. The number of carbonyl (C=O) groups excluding carboxylic acids is 2. The Balaban J connectivity index is 2.28. The van der Waals surface area contributed by atoms with Crippen LogP contribution >= 0.6 is 0 Å². The first-order valence-corrected chi connectivity index (χ1v) is 5.12. The van der Waals surface area contributed by atoms with Gasteiger partial charge in [0.1, 0.15) is 0 Å². The third-order valence-electron chi connectivity index (χ3n) is 2.81. The number of amides is 2. The number of aliphatic hydroxyl groups is 1. The fourth-order valence-corrected chi connectivity index (χ4v) is 2.02. The Morgan fingerprint density at radius 3 is 3.06 bits per heavy atom. The third kappa shape index (κ3) is 2.09. The van der Waals surface area contributed by atoms with Crippen molar-refractivity contribution in [2.75, 3.05) is 13.6 Å². The van der Waals surface area contributed by atoms with E-state index in [0.717, 1.165) is 5.70 Å². The summed E-state index contributed by atoms with van der Waals surface area (Å²) in [5.74, 6) is -0.572. The Labute approximate surface area is 97.3 Å². The van der Waals surface area contributed by atoms with Gasteiger partial charge in [-0.2, -0.15) is 4.79 Å². The van der Waals surface area contributed by atoms with E-state index < -0.39 is 12.1 Å². The molecule has 4 N–H and O–H groups in total. The number of allylic oxidation sites excluding steroid dienone is 1. The van der Waals surface area contributed by atoms with Crippen LogP contribution in [-0.2, 0) is 4.79 Å². The number of likely N-dealkylation sites (tertiary alicyclic amines) is 1. The summed E-state index contributed by atoms with van der Waals surface area (Å²) in [6.45, 7) is 0.469. The molecule has 2 rings (SSSR count). The quantitative estimate of drug-likeness (QED) is 0.452. The summed E-state index contributed by atoms with van der Waals surface area (Å²) >= 11 is 0. The third-order valence-corrected chi connectivity index (χ3v) is 2.81. The minimum absolute atomic E-state index is 0.0897. The van der Waals surface area contributed by atoms with Crippen LogP contribution in [0.15, 0.2) is 28.7 Å². The average molecular weight is 237 g/mol. The molecule has 90 valence electrons. The number of nitrogens with one attached hydrogen (secondary N) is 1. The minimum Gasteiger partial charge on any atom is -0.390 e. The van der Waals surface area contributed by atoms with Crippen molar-refractivity contribution in [3.05, 3.63) is 23.5 Å². The van der Waals surface area contributed by atoms with E-state index in [1.807, 2.05) is 10.0 Å². The summed E-state index contributed by atoms with van der Waals surface area (Å²) in [4.78, 5) is 24.0. The van der Waals surface area contributed by atoms with Crippen LogP contribution in [0.1, 0.15) is 0 Å². The lowest BCUT2D eigenvalue weighted by Gasteiger charge is -2.18. The first-order valence-electron chi connectivity index (χ1n) is 5.12. The minimum atomic E-state index is -0.836. The number of nitrogens with two attached hydrogens (primary N) is 1. The van der Waals surface area contributed by atoms with Crippen LogP contribution in [0.3, 0.4) is 0 Å². The van der Waals surface area contributed by atoms with Crippen molar-refractivity contribution in [2.45, 2.75) is 6.10 Å². The van der Waals surface area contributed by atoms with Crippen LogP contribution in [0, 0.1) is 5.92 Å². The van der Waals surface area contributed by atoms with Crippen molar-refractivity contribution < 1.29 is 19.8 Å². The highest BCUT2D eigenvalue weighted by Crippen LogP contribution is 2.32. The van der Waals surface area contributed by atoms with E-state index in [4.69, 9.17) is 5.73 Å². The molecule has 1 aliphatic carbocycles. The number of fused-ring (bicyclic) bond motifs is 1. The smallest absolute Gasteiger partial charge is 0.390 e. The number of azo groups is 1. The molecule has 0 aromatic rings. The summed E-state index contributed by atoms with van der Waals surface area (Å²) in [5.41, 5.74) is 5.71. The lowest BCUT2D eigenvalue weighted by Crippen LogP contribution is -2.73. The van der Waals surface area contributed by atoms with E-state index in [2.05, 4.69) is 5.11 Å². The maximum Gasteiger partial charge on any atom is 0.507 e. The highest BCUT2D eigenvalue weighted by molar-refractivity contribution is 6.05. The topological polar surface area (TPSA) is 110 Å². The Morgan fingerprint density at radius 2 is 2.41 bits per heavy atom. The van der Waals surface area contributed by atoms with E-state index in [0.29, 0.717) is 6.54 Å². The van der Waals surface area contributed by atoms with E-state index in [9.17, 15) is 14.7 Å². The first-order chi connectivity index (χ1) is 7.99. The van der Waals surface area contributed by atoms with Crippen molar-refractivity contribution >= 4 is 11.8 Å². The van der Waals surface area contributed by atoms with E-state index in [1.165, 1.54) is 6.08 Å². The van der Waals surface area contributed by atoms with E-state index >= 15 is 0 Å². The maximum atomic E-state index is 11.7. The molecule has 17 heavy (non-hydrogen) atoms. The van der Waals surface area contributed by atoms with Crippen molar-refractivity contribution in [3.63, 3.8) is 0 Å².